The van der Waals surface area contributed by atoms with Crippen molar-refractivity contribution < 1.29 is 14.7 Å². The Hall–Kier alpha value is -1.39. The van der Waals surface area contributed by atoms with Gasteiger partial charge in [0.05, 0.1) is 0 Å². The molecule has 5 nitrogen and oxygen atoms in total. The van der Waals surface area contributed by atoms with Gasteiger partial charge < -0.3 is 4.84 Å². The Morgan fingerprint density at radius 2 is 2.29 bits per heavy atom. The molecule has 5 heteroatoms. The minimum atomic E-state index is -0.866. The first-order chi connectivity index (χ1) is 6.51. The van der Waals surface area contributed by atoms with Crippen LogP contribution in [0.1, 0.15) is 26.7 Å². The molecule has 2 atom stereocenters. The van der Waals surface area contributed by atoms with Crippen LogP contribution in [0.4, 0.5) is 0 Å². The van der Waals surface area contributed by atoms with Crippen molar-refractivity contribution in [3.05, 3.63) is 22.8 Å². The first-order valence-electron chi connectivity index (χ1n) is 4.47. The van der Waals surface area contributed by atoms with Crippen LogP contribution in [-0.2, 0) is 9.63 Å². The second kappa shape index (κ2) is 6.12. The Morgan fingerprint density at radius 1 is 1.71 bits per heavy atom. The summed E-state index contributed by atoms with van der Waals surface area (Å²) in [6.07, 6.45) is 1.37. The lowest BCUT2D eigenvalue weighted by atomic mass is 9.97. The molecule has 2 unspecified atom stereocenters. The van der Waals surface area contributed by atoms with E-state index in [4.69, 9.17) is 0 Å². The smallest absolute Gasteiger partial charge is 0.295 e. The van der Waals surface area contributed by atoms with E-state index in [0.29, 0.717) is 12.8 Å². The molecule has 0 fully saturated rings. The Kier molecular flexibility index (Phi) is 5.52. The number of carbonyl (C=O) groups is 1. The van der Waals surface area contributed by atoms with E-state index in [1.165, 1.54) is 6.08 Å². The maximum atomic E-state index is 11.2. The van der Waals surface area contributed by atoms with E-state index >= 15 is 0 Å². The summed E-state index contributed by atoms with van der Waals surface area (Å²) in [5.74, 6) is -0.160. The van der Waals surface area contributed by atoms with Gasteiger partial charge in [-0.15, -0.1) is 16.7 Å². The van der Waals surface area contributed by atoms with Crippen molar-refractivity contribution in [3.8, 4) is 0 Å². The van der Waals surface area contributed by atoms with Gasteiger partial charge in [-0.3, -0.25) is 4.79 Å². The molecule has 0 N–H and O–H groups in total. The molecular weight excluding hydrogens is 186 g/mol. The molecule has 0 aromatic carbocycles. The van der Waals surface area contributed by atoms with Crippen LogP contribution in [0.25, 0.3) is 0 Å². The van der Waals surface area contributed by atoms with Gasteiger partial charge in [-0.25, -0.2) is 0 Å². The zero-order valence-electron chi connectivity index (χ0n) is 8.43. The first-order valence-corrected chi connectivity index (χ1v) is 4.47. The fourth-order valence-electron chi connectivity index (χ4n) is 1.12. The van der Waals surface area contributed by atoms with Gasteiger partial charge in [-0.05, 0) is 6.42 Å². The van der Waals surface area contributed by atoms with Gasteiger partial charge in [0.15, 0.2) is 0 Å². The van der Waals surface area contributed by atoms with Crippen LogP contribution in [0.15, 0.2) is 12.7 Å². The third-order valence-corrected chi connectivity index (χ3v) is 1.97. The number of rotatable bonds is 7. The predicted octanol–water partition coefficient (Wildman–Crippen LogP) is 1.75. The monoisotopic (exact) mass is 201 g/mol. The van der Waals surface area contributed by atoms with Gasteiger partial charge in [-0.2, -0.15) is 0 Å². The Labute approximate surface area is 82.9 Å². The van der Waals surface area contributed by atoms with E-state index in [9.17, 15) is 14.9 Å². The van der Waals surface area contributed by atoms with Gasteiger partial charge in [-0.1, -0.05) is 19.9 Å². The van der Waals surface area contributed by atoms with Crippen LogP contribution < -0.4 is 0 Å². The van der Waals surface area contributed by atoms with Gasteiger partial charge >= 0.3 is 0 Å². The molecule has 14 heavy (non-hydrogen) atoms. The maximum Gasteiger partial charge on any atom is 0.295 e. The molecule has 0 aliphatic rings. The summed E-state index contributed by atoms with van der Waals surface area (Å²) in [7, 11) is 0. The van der Waals surface area contributed by atoms with Gasteiger partial charge in [0.2, 0.25) is 0 Å². The van der Waals surface area contributed by atoms with Crippen molar-refractivity contribution in [2.75, 3.05) is 0 Å². The topological polar surface area (TPSA) is 69.4 Å². The molecule has 0 aliphatic heterocycles. The van der Waals surface area contributed by atoms with Crippen LogP contribution in [0, 0.1) is 16.0 Å². The lowest BCUT2D eigenvalue weighted by molar-refractivity contribution is -0.765. The second-order valence-corrected chi connectivity index (χ2v) is 3.06. The highest BCUT2D eigenvalue weighted by Crippen LogP contribution is 2.12. The second-order valence-electron chi connectivity index (χ2n) is 3.06. The van der Waals surface area contributed by atoms with Gasteiger partial charge in [0.1, 0.15) is 11.9 Å². The zero-order chi connectivity index (χ0) is 11.1. The number of hydrogen-bond donors (Lipinski definition) is 0. The lowest BCUT2D eigenvalue weighted by Crippen LogP contribution is -2.21. The minimum Gasteiger partial charge on any atom is -0.306 e. The molecular formula is C9H15NO4. The standard InChI is InChI=1S/C9H15NO4/c1-4-8(14-10(12)13)6-7(3)9(11)5-2/h4,7-8H,1,5-6H2,2-3H3. The molecule has 0 bridgehead atoms. The van der Waals surface area contributed by atoms with Crippen LogP contribution in [0.2, 0.25) is 0 Å². The van der Waals surface area contributed by atoms with Crippen molar-refractivity contribution in [1.82, 2.24) is 0 Å². The molecule has 0 rings (SSSR count). The Bertz CT molecular complexity index is 227. The molecule has 0 saturated heterocycles. The van der Waals surface area contributed by atoms with Gasteiger partial charge in [0, 0.05) is 12.3 Å². The molecule has 0 aliphatic carbocycles. The van der Waals surface area contributed by atoms with E-state index < -0.39 is 11.2 Å². The van der Waals surface area contributed by atoms with Crippen LogP contribution in [-0.4, -0.2) is 17.0 Å². The number of ketones is 1. The largest absolute Gasteiger partial charge is 0.306 e. The summed E-state index contributed by atoms with van der Waals surface area (Å²) < 4.78 is 0. The number of Topliss-reactive ketones (excluding diaryl/α,β-unsaturated/α-hetero) is 1. The molecule has 0 spiro atoms. The summed E-state index contributed by atoms with van der Waals surface area (Å²) in [4.78, 5) is 25.5. The summed E-state index contributed by atoms with van der Waals surface area (Å²) in [5, 5.41) is 9.17. The fourth-order valence-corrected chi connectivity index (χ4v) is 1.12. The number of carbonyl (C=O) groups excluding carboxylic acids is 1. The highest BCUT2D eigenvalue weighted by atomic mass is 17.0. The average Bonchev–Trinajstić information content (AvgIpc) is 2.14. The fraction of sp³-hybridized carbons (Fsp3) is 0.667. The van der Waals surface area contributed by atoms with Crippen LogP contribution in [0.3, 0.4) is 0 Å². The third kappa shape index (κ3) is 4.59. The van der Waals surface area contributed by atoms with Crippen molar-refractivity contribution in [1.29, 1.82) is 0 Å². The van der Waals surface area contributed by atoms with E-state index in [-0.39, 0.29) is 11.7 Å². The molecule has 0 saturated carbocycles. The van der Waals surface area contributed by atoms with E-state index in [2.05, 4.69) is 11.4 Å². The zero-order valence-corrected chi connectivity index (χ0v) is 8.43. The van der Waals surface area contributed by atoms with Crippen molar-refractivity contribution >= 4 is 5.78 Å². The summed E-state index contributed by atoms with van der Waals surface area (Å²) in [5.41, 5.74) is 0. The minimum absolute atomic E-state index is 0.0730. The molecule has 0 aromatic heterocycles. The van der Waals surface area contributed by atoms with E-state index in [1.54, 1.807) is 13.8 Å². The van der Waals surface area contributed by atoms with Crippen LogP contribution in [0.5, 0.6) is 0 Å². The third-order valence-electron chi connectivity index (χ3n) is 1.97. The molecule has 80 valence electrons. The first kappa shape index (κ1) is 12.6. The molecule has 0 aromatic rings. The quantitative estimate of drug-likeness (QED) is 0.357. The summed E-state index contributed by atoms with van der Waals surface area (Å²) >= 11 is 0. The summed E-state index contributed by atoms with van der Waals surface area (Å²) in [6.45, 7) is 6.90. The SMILES string of the molecule is C=CC(CC(C)C(=O)CC)O[N+](=O)[O-]. The number of nitrogens with zero attached hydrogens (tertiary/aromatic N) is 1. The predicted molar refractivity (Wildman–Crippen MR) is 51.1 cm³/mol. The highest BCUT2D eigenvalue weighted by molar-refractivity contribution is 5.80. The number of hydrogen-bond acceptors (Lipinski definition) is 4. The molecule has 0 radical (unpaired) electrons. The Morgan fingerprint density at radius 3 is 2.64 bits per heavy atom. The van der Waals surface area contributed by atoms with Crippen LogP contribution >= 0.6 is 0 Å². The Balaban J connectivity index is 4.10. The van der Waals surface area contributed by atoms with Crippen molar-refractivity contribution in [2.24, 2.45) is 5.92 Å². The van der Waals surface area contributed by atoms with Crippen molar-refractivity contribution in [2.45, 2.75) is 32.8 Å². The maximum absolute atomic E-state index is 11.2. The van der Waals surface area contributed by atoms with E-state index in [0.717, 1.165) is 0 Å². The van der Waals surface area contributed by atoms with E-state index in [1.807, 2.05) is 0 Å². The molecule has 0 heterocycles. The lowest BCUT2D eigenvalue weighted by Gasteiger charge is -2.14. The van der Waals surface area contributed by atoms with Crippen molar-refractivity contribution in [3.63, 3.8) is 0 Å². The molecule has 0 amide bonds. The average molecular weight is 201 g/mol. The summed E-state index contributed by atoms with van der Waals surface area (Å²) in [6, 6.07) is 0. The highest BCUT2D eigenvalue weighted by Gasteiger charge is 2.17. The normalized spacial score (nSPS) is 14.1. The van der Waals surface area contributed by atoms with Gasteiger partial charge in [0.25, 0.3) is 5.09 Å².